The minimum absolute atomic E-state index is 0.0262. The summed E-state index contributed by atoms with van der Waals surface area (Å²) in [6.07, 6.45) is -0.608. The fraction of sp³-hybridized carbons (Fsp3) is 0.375. The summed E-state index contributed by atoms with van der Waals surface area (Å²) in [7, 11) is 0. The van der Waals surface area contributed by atoms with Crippen LogP contribution in [0.25, 0.3) is 0 Å². The van der Waals surface area contributed by atoms with Crippen LogP contribution >= 0.6 is 0 Å². The highest BCUT2D eigenvalue weighted by molar-refractivity contribution is 5.97. The van der Waals surface area contributed by atoms with E-state index in [0.717, 1.165) is 5.56 Å². The zero-order valence-electron chi connectivity index (χ0n) is 12.4. The van der Waals surface area contributed by atoms with Gasteiger partial charge in [0.2, 0.25) is 0 Å². The molecule has 0 bridgehead atoms. The summed E-state index contributed by atoms with van der Waals surface area (Å²) >= 11 is 0. The quantitative estimate of drug-likeness (QED) is 0.747. The molecule has 114 valence electrons. The van der Waals surface area contributed by atoms with Crippen molar-refractivity contribution in [3.8, 4) is 0 Å². The van der Waals surface area contributed by atoms with E-state index in [1.165, 1.54) is 0 Å². The molecule has 0 aromatic heterocycles. The monoisotopic (exact) mass is 291 g/mol. The first kappa shape index (κ1) is 16.9. The van der Waals surface area contributed by atoms with Gasteiger partial charge < -0.3 is 14.8 Å². The van der Waals surface area contributed by atoms with Gasteiger partial charge in [-0.1, -0.05) is 36.9 Å². The van der Waals surface area contributed by atoms with Crippen molar-refractivity contribution in [1.29, 1.82) is 0 Å². The highest BCUT2D eigenvalue weighted by Gasteiger charge is 2.10. The molecule has 0 fully saturated rings. The number of benzene rings is 1. The van der Waals surface area contributed by atoms with Crippen LogP contribution in [0.1, 0.15) is 19.4 Å². The van der Waals surface area contributed by atoms with Gasteiger partial charge in [0, 0.05) is 5.57 Å². The molecule has 1 amide bonds. The molecular formula is C16H21NO4. The first-order valence-electron chi connectivity index (χ1n) is 6.76. The van der Waals surface area contributed by atoms with Crippen LogP contribution in [0.2, 0.25) is 0 Å². The molecule has 1 aromatic rings. The summed E-state index contributed by atoms with van der Waals surface area (Å²) in [5, 5.41) is 2.39. The Morgan fingerprint density at radius 3 is 2.52 bits per heavy atom. The molecule has 0 unspecified atom stereocenters. The molecule has 0 radical (unpaired) electrons. The topological polar surface area (TPSA) is 64.6 Å². The zero-order valence-corrected chi connectivity index (χ0v) is 12.4. The lowest BCUT2D eigenvalue weighted by Crippen LogP contribution is -2.31. The third-order valence-corrected chi connectivity index (χ3v) is 2.59. The van der Waals surface area contributed by atoms with Gasteiger partial charge in [0.1, 0.15) is 6.61 Å². The lowest BCUT2D eigenvalue weighted by Gasteiger charge is -2.10. The number of rotatable bonds is 8. The predicted octanol–water partition coefficient (Wildman–Crippen LogP) is 2.46. The zero-order chi connectivity index (χ0) is 15.7. The Hall–Kier alpha value is -2.14. The SMILES string of the molecule is C=C(COC(C)C)C(=O)CNC(=O)OCc1ccccc1. The van der Waals surface area contributed by atoms with Crippen LogP contribution in [-0.2, 0) is 20.9 Å². The Balaban J connectivity index is 2.23. The molecular weight excluding hydrogens is 270 g/mol. The standard InChI is InChI=1S/C16H21NO4/c1-12(2)20-10-13(3)15(18)9-17-16(19)21-11-14-7-5-4-6-8-14/h4-8,12H,3,9-11H2,1-2H3,(H,17,19). The molecule has 0 heterocycles. The lowest BCUT2D eigenvalue weighted by atomic mass is 10.2. The summed E-state index contributed by atoms with van der Waals surface area (Å²) in [6.45, 7) is 7.56. The molecule has 21 heavy (non-hydrogen) atoms. The number of amides is 1. The van der Waals surface area contributed by atoms with E-state index in [9.17, 15) is 9.59 Å². The highest BCUT2D eigenvalue weighted by atomic mass is 16.5. The minimum atomic E-state index is -0.634. The van der Waals surface area contributed by atoms with Crippen LogP contribution in [0, 0.1) is 0 Å². The summed E-state index contributed by atoms with van der Waals surface area (Å²) < 4.78 is 10.3. The third kappa shape index (κ3) is 7.27. The van der Waals surface area contributed by atoms with Gasteiger partial charge in [-0.05, 0) is 19.4 Å². The van der Waals surface area contributed by atoms with Crippen molar-refractivity contribution in [3.63, 3.8) is 0 Å². The number of carbonyl (C=O) groups excluding carboxylic acids is 2. The van der Waals surface area contributed by atoms with Crippen LogP contribution in [0.5, 0.6) is 0 Å². The van der Waals surface area contributed by atoms with E-state index >= 15 is 0 Å². The number of ether oxygens (including phenoxy) is 2. The normalized spacial score (nSPS) is 10.2. The number of Topliss-reactive ketones (excluding diaryl/α,β-unsaturated/α-hetero) is 1. The van der Waals surface area contributed by atoms with Gasteiger partial charge in [-0.3, -0.25) is 4.79 Å². The van der Waals surface area contributed by atoms with Crippen LogP contribution < -0.4 is 5.32 Å². The number of alkyl carbamates (subject to hydrolysis) is 1. The van der Waals surface area contributed by atoms with Gasteiger partial charge in [-0.2, -0.15) is 0 Å². The third-order valence-electron chi connectivity index (χ3n) is 2.59. The Kier molecular flexibility index (Phi) is 7.18. The van der Waals surface area contributed by atoms with Crippen molar-refractivity contribution in [1.82, 2.24) is 5.32 Å². The Bertz CT molecular complexity index is 482. The van der Waals surface area contributed by atoms with Crippen LogP contribution in [0.4, 0.5) is 4.79 Å². The second kappa shape index (κ2) is 8.92. The number of hydrogen-bond acceptors (Lipinski definition) is 4. The van der Waals surface area contributed by atoms with Crippen LogP contribution in [0.3, 0.4) is 0 Å². The van der Waals surface area contributed by atoms with Gasteiger partial charge in [-0.15, -0.1) is 0 Å². The lowest BCUT2D eigenvalue weighted by molar-refractivity contribution is -0.115. The molecule has 0 saturated heterocycles. The Morgan fingerprint density at radius 1 is 1.24 bits per heavy atom. The molecule has 0 aliphatic rings. The van der Waals surface area contributed by atoms with Crippen molar-refractivity contribution in [2.45, 2.75) is 26.6 Å². The summed E-state index contributed by atoms with van der Waals surface area (Å²) in [4.78, 5) is 23.1. The molecule has 5 heteroatoms. The smallest absolute Gasteiger partial charge is 0.407 e. The first-order chi connectivity index (χ1) is 9.99. The Morgan fingerprint density at radius 2 is 1.90 bits per heavy atom. The average molecular weight is 291 g/mol. The number of ketones is 1. The summed E-state index contributed by atoms with van der Waals surface area (Å²) in [5.74, 6) is -0.271. The van der Waals surface area contributed by atoms with E-state index in [-0.39, 0.29) is 31.6 Å². The fourth-order valence-electron chi connectivity index (χ4n) is 1.40. The molecule has 1 aromatic carbocycles. The van der Waals surface area contributed by atoms with E-state index in [0.29, 0.717) is 5.57 Å². The molecule has 1 rings (SSSR count). The molecule has 0 aliphatic heterocycles. The number of carbonyl (C=O) groups is 2. The van der Waals surface area contributed by atoms with Crippen molar-refractivity contribution in [2.24, 2.45) is 0 Å². The molecule has 0 saturated carbocycles. The fourth-order valence-corrected chi connectivity index (χ4v) is 1.40. The molecule has 5 nitrogen and oxygen atoms in total. The number of nitrogens with one attached hydrogen (secondary N) is 1. The van der Waals surface area contributed by atoms with Gasteiger partial charge in [0.25, 0.3) is 0 Å². The van der Waals surface area contributed by atoms with E-state index in [1.54, 1.807) is 0 Å². The van der Waals surface area contributed by atoms with Crippen molar-refractivity contribution in [2.75, 3.05) is 13.2 Å². The van der Waals surface area contributed by atoms with E-state index in [2.05, 4.69) is 11.9 Å². The van der Waals surface area contributed by atoms with Gasteiger partial charge in [0.15, 0.2) is 5.78 Å². The first-order valence-corrected chi connectivity index (χ1v) is 6.76. The number of hydrogen-bond donors (Lipinski definition) is 1. The maximum atomic E-state index is 11.7. The predicted molar refractivity (Wildman–Crippen MR) is 79.9 cm³/mol. The molecule has 1 N–H and O–H groups in total. The van der Waals surface area contributed by atoms with E-state index in [4.69, 9.17) is 9.47 Å². The van der Waals surface area contributed by atoms with E-state index < -0.39 is 6.09 Å². The van der Waals surface area contributed by atoms with Crippen molar-refractivity contribution >= 4 is 11.9 Å². The molecule has 0 atom stereocenters. The molecule has 0 spiro atoms. The van der Waals surface area contributed by atoms with Gasteiger partial charge in [-0.25, -0.2) is 4.79 Å². The minimum Gasteiger partial charge on any atom is -0.445 e. The second-order valence-electron chi connectivity index (χ2n) is 4.80. The maximum Gasteiger partial charge on any atom is 0.407 e. The summed E-state index contributed by atoms with van der Waals surface area (Å²) in [5.41, 5.74) is 1.21. The summed E-state index contributed by atoms with van der Waals surface area (Å²) in [6, 6.07) is 9.30. The average Bonchev–Trinajstić information content (AvgIpc) is 2.49. The maximum absolute atomic E-state index is 11.7. The van der Waals surface area contributed by atoms with Crippen LogP contribution in [0.15, 0.2) is 42.5 Å². The largest absolute Gasteiger partial charge is 0.445 e. The Labute approximate surface area is 124 Å². The highest BCUT2D eigenvalue weighted by Crippen LogP contribution is 2.01. The van der Waals surface area contributed by atoms with Gasteiger partial charge >= 0.3 is 6.09 Å². The second-order valence-corrected chi connectivity index (χ2v) is 4.80. The molecule has 0 aliphatic carbocycles. The van der Waals surface area contributed by atoms with Crippen molar-refractivity contribution < 1.29 is 19.1 Å². The van der Waals surface area contributed by atoms with Crippen molar-refractivity contribution in [3.05, 3.63) is 48.0 Å². The van der Waals surface area contributed by atoms with E-state index in [1.807, 2.05) is 44.2 Å². The van der Waals surface area contributed by atoms with Crippen LogP contribution in [-0.4, -0.2) is 31.1 Å². The van der Waals surface area contributed by atoms with Gasteiger partial charge in [0.05, 0.1) is 19.3 Å².